The number of aryl methyl sites for hydroxylation is 2. The first-order chi connectivity index (χ1) is 12.9. The van der Waals surface area contributed by atoms with Gasteiger partial charge in [0.15, 0.2) is 0 Å². The molecule has 0 saturated heterocycles. The van der Waals surface area contributed by atoms with Gasteiger partial charge in [0.25, 0.3) is 11.5 Å². The van der Waals surface area contributed by atoms with Crippen LogP contribution in [0.1, 0.15) is 22.6 Å². The molecule has 0 bridgehead atoms. The minimum absolute atomic E-state index is 0.234. The Morgan fingerprint density at radius 3 is 2.67 bits per heavy atom. The number of hydrogen-bond donors (Lipinski definition) is 1. The summed E-state index contributed by atoms with van der Waals surface area (Å²) in [6.07, 6.45) is 1.45. The fourth-order valence-electron chi connectivity index (χ4n) is 2.68. The lowest BCUT2D eigenvalue weighted by molar-refractivity contribution is 0.0785. The molecule has 0 atom stereocenters. The van der Waals surface area contributed by atoms with E-state index < -0.39 is 0 Å². The lowest BCUT2D eigenvalue weighted by atomic mass is 10.1. The van der Waals surface area contributed by atoms with Crippen LogP contribution >= 0.6 is 0 Å². The van der Waals surface area contributed by atoms with E-state index in [2.05, 4.69) is 15.3 Å². The number of aromatic nitrogens is 4. The van der Waals surface area contributed by atoms with Crippen LogP contribution < -0.4 is 5.56 Å². The molecular weight excluding hydrogens is 349 g/mol. The number of rotatable bonds is 6. The van der Waals surface area contributed by atoms with Crippen molar-refractivity contribution in [3.8, 4) is 11.3 Å². The summed E-state index contributed by atoms with van der Waals surface area (Å²) in [4.78, 5) is 25.3. The van der Waals surface area contributed by atoms with Crippen molar-refractivity contribution in [2.75, 3.05) is 13.6 Å². The van der Waals surface area contributed by atoms with Crippen LogP contribution in [0.5, 0.6) is 0 Å². The molecule has 7 nitrogen and oxygen atoms in total. The van der Waals surface area contributed by atoms with Crippen molar-refractivity contribution in [1.29, 1.82) is 0 Å². The number of carbonyl (C=O) groups excluding carboxylic acids is 1. The molecule has 8 heteroatoms. The highest BCUT2D eigenvalue weighted by molar-refractivity contribution is 5.91. The summed E-state index contributed by atoms with van der Waals surface area (Å²) in [5.74, 6) is -0.516. The molecule has 0 saturated carbocycles. The molecule has 27 heavy (non-hydrogen) atoms. The van der Waals surface area contributed by atoms with Crippen LogP contribution in [-0.2, 0) is 13.5 Å². The quantitative estimate of drug-likeness (QED) is 0.720. The SMILES string of the molecule is CN(CCCc1cc(-c2ccc(F)cc2)n[nH]1)C(=O)c1ccc(=O)n(C)n1. The predicted molar refractivity (Wildman–Crippen MR) is 98.7 cm³/mol. The van der Waals surface area contributed by atoms with Crippen LogP contribution in [0, 0.1) is 5.82 Å². The smallest absolute Gasteiger partial charge is 0.274 e. The zero-order chi connectivity index (χ0) is 19.4. The zero-order valence-electron chi connectivity index (χ0n) is 15.1. The highest BCUT2D eigenvalue weighted by atomic mass is 19.1. The predicted octanol–water partition coefficient (Wildman–Crippen LogP) is 2.01. The number of carbonyl (C=O) groups is 1. The van der Waals surface area contributed by atoms with E-state index in [9.17, 15) is 14.0 Å². The first kappa shape index (κ1) is 18.5. The number of aromatic amines is 1. The summed E-state index contributed by atoms with van der Waals surface area (Å²) >= 11 is 0. The Balaban J connectivity index is 1.55. The van der Waals surface area contributed by atoms with E-state index in [1.54, 1.807) is 24.1 Å². The molecule has 0 aliphatic rings. The summed E-state index contributed by atoms with van der Waals surface area (Å²) < 4.78 is 14.1. The first-order valence-corrected chi connectivity index (χ1v) is 8.54. The molecule has 1 N–H and O–H groups in total. The Morgan fingerprint density at radius 2 is 1.96 bits per heavy atom. The average molecular weight is 369 g/mol. The summed E-state index contributed by atoms with van der Waals surface area (Å²) in [7, 11) is 3.21. The summed E-state index contributed by atoms with van der Waals surface area (Å²) in [5, 5.41) is 11.2. The highest BCUT2D eigenvalue weighted by Gasteiger charge is 2.14. The van der Waals surface area contributed by atoms with Crippen molar-refractivity contribution in [1.82, 2.24) is 24.9 Å². The monoisotopic (exact) mass is 369 g/mol. The third kappa shape index (κ3) is 4.46. The topological polar surface area (TPSA) is 83.9 Å². The molecule has 0 fully saturated rings. The second-order valence-electron chi connectivity index (χ2n) is 6.30. The Hall–Kier alpha value is -3.29. The second kappa shape index (κ2) is 7.94. The van der Waals surface area contributed by atoms with Crippen molar-refractivity contribution >= 4 is 5.91 Å². The molecular formula is C19H20FN5O2. The van der Waals surface area contributed by atoms with E-state index in [0.717, 1.165) is 28.1 Å². The molecule has 0 aliphatic carbocycles. The van der Waals surface area contributed by atoms with E-state index in [4.69, 9.17) is 0 Å². The van der Waals surface area contributed by atoms with Gasteiger partial charge >= 0.3 is 0 Å². The van der Waals surface area contributed by atoms with Gasteiger partial charge in [0, 0.05) is 38.0 Å². The van der Waals surface area contributed by atoms with Crippen molar-refractivity contribution < 1.29 is 9.18 Å². The maximum Gasteiger partial charge on any atom is 0.274 e. The average Bonchev–Trinajstić information content (AvgIpc) is 3.12. The zero-order valence-corrected chi connectivity index (χ0v) is 15.1. The maximum atomic E-state index is 13.0. The number of halogens is 1. The van der Waals surface area contributed by atoms with Crippen LogP contribution in [0.2, 0.25) is 0 Å². The summed E-state index contributed by atoms with van der Waals surface area (Å²) in [6.45, 7) is 0.536. The van der Waals surface area contributed by atoms with Gasteiger partial charge in [-0.25, -0.2) is 9.07 Å². The minimum Gasteiger partial charge on any atom is -0.340 e. The van der Waals surface area contributed by atoms with Crippen molar-refractivity contribution in [3.05, 3.63) is 70.0 Å². The molecule has 3 aromatic rings. The minimum atomic E-state index is -0.282. The lowest BCUT2D eigenvalue weighted by Crippen LogP contribution is -2.31. The maximum absolute atomic E-state index is 13.0. The Kier molecular flexibility index (Phi) is 5.44. The third-order valence-electron chi connectivity index (χ3n) is 4.24. The molecule has 3 rings (SSSR count). The molecule has 1 aromatic carbocycles. The van der Waals surface area contributed by atoms with Gasteiger partial charge in [0.05, 0.1) is 5.69 Å². The van der Waals surface area contributed by atoms with Crippen LogP contribution in [0.25, 0.3) is 11.3 Å². The largest absolute Gasteiger partial charge is 0.340 e. The number of H-pyrrole nitrogens is 1. The second-order valence-corrected chi connectivity index (χ2v) is 6.30. The van der Waals surface area contributed by atoms with Crippen LogP contribution in [0.15, 0.2) is 47.3 Å². The molecule has 0 unspecified atom stereocenters. The number of amides is 1. The van der Waals surface area contributed by atoms with Crippen molar-refractivity contribution in [2.24, 2.45) is 7.05 Å². The Labute approximate surface area is 155 Å². The standard InChI is InChI=1S/C19H20FN5O2/c1-24(19(27)16-9-10-18(26)25(2)23-16)11-3-4-15-12-17(22-21-15)13-5-7-14(20)8-6-13/h5-10,12H,3-4,11H2,1-2H3,(H,21,22). The van der Waals surface area contributed by atoms with Gasteiger partial charge in [-0.15, -0.1) is 0 Å². The van der Waals surface area contributed by atoms with Gasteiger partial charge < -0.3 is 4.90 Å². The molecule has 0 spiro atoms. The van der Waals surface area contributed by atoms with Crippen molar-refractivity contribution in [2.45, 2.75) is 12.8 Å². The van der Waals surface area contributed by atoms with Crippen LogP contribution in [0.4, 0.5) is 4.39 Å². The van der Waals surface area contributed by atoms with Gasteiger partial charge in [-0.1, -0.05) is 0 Å². The molecule has 2 heterocycles. The number of nitrogens with one attached hydrogen (secondary N) is 1. The van der Waals surface area contributed by atoms with E-state index in [0.29, 0.717) is 13.0 Å². The Bertz CT molecular complexity index is 994. The molecule has 2 aromatic heterocycles. The van der Waals surface area contributed by atoms with Crippen LogP contribution in [0.3, 0.4) is 0 Å². The molecule has 140 valence electrons. The van der Waals surface area contributed by atoms with Gasteiger partial charge in [0.1, 0.15) is 11.5 Å². The number of benzene rings is 1. The lowest BCUT2D eigenvalue weighted by Gasteiger charge is -2.16. The van der Waals surface area contributed by atoms with Gasteiger partial charge in [0.2, 0.25) is 0 Å². The van der Waals surface area contributed by atoms with E-state index >= 15 is 0 Å². The molecule has 1 amide bonds. The number of nitrogens with zero attached hydrogens (tertiary/aromatic N) is 4. The first-order valence-electron chi connectivity index (χ1n) is 8.54. The van der Waals surface area contributed by atoms with Crippen LogP contribution in [-0.4, -0.2) is 44.4 Å². The molecule has 0 aliphatic heterocycles. The van der Waals surface area contributed by atoms with E-state index in [-0.39, 0.29) is 23.0 Å². The van der Waals surface area contributed by atoms with E-state index in [1.807, 2.05) is 6.07 Å². The fraction of sp³-hybridized carbons (Fsp3) is 0.263. The highest BCUT2D eigenvalue weighted by Crippen LogP contribution is 2.18. The van der Waals surface area contributed by atoms with Gasteiger partial charge in [-0.05, 0) is 49.2 Å². The normalized spacial score (nSPS) is 10.8. The Morgan fingerprint density at radius 1 is 1.22 bits per heavy atom. The molecule has 0 radical (unpaired) electrons. The number of hydrogen-bond acceptors (Lipinski definition) is 4. The third-order valence-corrected chi connectivity index (χ3v) is 4.24. The summed E-state index contributed by atoms with van der Waals surface area (Å²) in [6, 6.07) is 10.9. The van der Waals surface area contributed by atoms with Crippen molar-refractivity contribution in [3.63, 3.8) is 0 Å². The van der Waals surface area contributed by atoms with Gasteiger partial charge in [-0.3, -0.25) is 14.7 Å². The van der Waals surface area contributed by atoms with E-state index in [1.165, 1.54) is 31.3 Å². The summed E-state index contributed by atoms with van der Waals surface area (Å²) in [5.41, 5.74) is 2.51. The van der Waals surface area contributed by atoms with Gasteiger partial charge in [-0.2, -0.15) is 10.2 Å². The fourth-order valence-corrected chi connectivity index (χ4v) is 2.68.